The molecule has 4 nitrogen and oxygen atoms in total. The summed E-state index contributed by atoms with van der Waals surface area (Å²) in [4.78, 5) is 5.44. The number of aromatic nitrogens is 2. The summed E-state index contributed by atoms with van der Waals surface area (Å²) < 4.78 is 18.7. The van der Waals surface area contributed by atoms with Crippen molar-refractivity contribution in [2.45, 2.75) is 10.6 Å². The molecule has 0 aliphatic heterocycles. The fourth-order valence-corrected chi connectivity index (χ4v) is 3.22. The highest BCUT2D eigenvalue weighted by Crippen LogP contribution is 2.29. The Balaban J connectivity index is 1.74. The Bertz CT molecular complexity index is 806. The quantitative estimate of drug-likeness (QED) is 0.678. The van der Waals surface area contributed by atoms with Gasteiger partial charge in [-0.25, -0.2) is 4.39 Å². The molecule has 3 aromatic rings. The van der Waals surface area contributed by atoms with E-state index in [2.05, 4.69) is 16.2 Å². The van der Waals surface area contributed by atoms with Gasteiger partial charge in [0, 0.05) is 4.90 Å². The third-order valence-corrected chi connectivity index (χ3v) is 4.59. The maximum absolute atomic E-state index is 13.5. The molecule has 104 valence electrons. The zero-order chi connectivity index (χ0) is 14.7. The molecule has 0 aliphatic carbocycles. The highest BCUT2D eigenvalue weighted by atomic mass is 32.2. The molecule has 0 saturated heterocycles. The predicted octanol–water partition coefficient (Wildman–Crippen LogP) is 4.10. The van der Waals surface area contributed by atoms with Gasteiger partial charge in [-0.1, -0.05) is 17.3 Å². The first-order valence-corrected chi connectivity index (χ1v) is 7.82. The fraction of sp³-hybridized carbons (Fsp3) is 0.0714. The van der Waals surface area contributed by atoms with E-state index in [1.807, 2.05) is 0 Å². The van der Waals surface area contributed by atoms with Crippen molar-refractivity contribution < 1.29 is 8.91 Å². The van der Waals surface area contributed by atoms with Crippen LogP contribution in [0.4, 0.5) is 4.39 Å². The number of benzene rings is 1. The lowest BCUT2D eigenvalue weighted by Gasteiger charge is -1.99. The van der Waals surface area contributed by atoms with E-state index in [0.717, 1.165) is 0 Å². The van der Waals surface area contributed by atoms with Crippen molar-refractivity contribution in [3.63, 3.8) is 0 Å². The van der Waals surface area contributed by atoms with Gasteiger partial charge < -0.3 is 4.52 Å². The van der Waals surface area contributed by atoms with Crippen LogP contribution in [0.5, 0.6) is 0 Å². The Morgan fingerprint density at radius 1 is 1.33 bits per heavy atom. The van der Waals surface area contributed by atoms with Crippen molar-refractivity contribution in [3.05, 3.63) is 52.9 Å². The average molecular weight is 317 g/mol. The molecule has 0 bridgehead atoms. The van der Waals surface area contributed by atoms with Crippen molar-refractivity contribution in [2.75, 3.05) is 0 Å². The Labute approximate surface area is 128 Å². The monoisotopic (exact) mass is 317 g/mol. The molecule has 0 aliphatic rings. The van der Waals surface area contributed by atoms with Crippen molar-refractivity contribution in [1.29, 1.82) is 5.26 Å². The van der Waals surface area contributed by atoms with Gasteiger partial charge in [0.25, 0.3) is 5.89 Å². The first-order chi connectivity index (χ1) is 10.3. The van der Waals surface area contributed by atoms with E-state index in [-0.39, 0.29) is 5.82 Å². The number of halogens is 1. The van der Waals surface area contributed by atoms with Crippen LogP contribution in [0.2, 0.25) is 0 Å². The summed E-state index contributed by atoms with van der Waals surface area (Å²) in [6, 6.07) is 10.3. The molecule has 0 N–H and O–H groups in total. The fourth-order valence-electron chi connectivity index (χ4n) is 1.67. The lowest BCUT2D eigenvalue weighted by atomic mass is 10.3. The SMILES string of the molecule is N#Cc1ccsc1-c1nc(CSc2ccccc2F)no1. The number of thiophene rings is 1. The second-order valence-corrected chi connectivity index (χ2v) is 5.94. The number of hydrogen-bond donors (Lipinski definition) is 0. The minimum Gasteiger partial charge on any atom is -0.333 e. The number of rotatable bonds is 4. The van der Waals surface area contributed by atoms with E-state index >= 15 is 0 Å². The minimum absolute atomic E-state index is 0.267. The second kappa shape index (κ2) is 6.08. The average Bonchev–Trinajstić information content (AvgIpc) is 3.14. The Morgan fingerprint density at radius 3 is 3.00 bits per heavy atom. The van der Waals surface area contributed by atoms with Crippen LogP contribution in [-0.2, 0) is 5.75 Å². The van der Waals surface area contributed by atoms with Gasteiger partial charge in [-0.05, 0) is 23.6 Å². The van der Waals surface area contributed by atoms with Crippen LogP contribution in [0.3, 0.4) is 0 Å². The zero-order valence-corrected chi connectivity index (χ0v) is 12.2. The maximum atomic E-state index is 13.5. The number of thioether (sulfide) groups is 1. The molecule has 3 rings (SSSR count). The van der Waals surface area contributed by atoms with Gasteiger partial charge in [0.2, 0.25) is 0 Å². The van der Waals surface area contributed by atoms with Crippen LogP contribution >= 0.6 is 23.1 Å². The summed E-state index contributed by atoms with van der Waals surface area (Å²) in [5.41, 5.74) is 0.511. The van der Waals surface area contributed by atoms with Gasteiger partial charge in [-0.15, -0.1) is 23.1 Å². The van der Waals surface area contributed by atoms with Crippen molar-refractivity contribution in [2.24, 2.45) is 0 Å². The van der Waals surface area contributed by atoms with Gasteiger partial charge in [0.1, 0.15) is 16.8 Å². The molecule has 0 fully saturated rings. The summed E-state index contributed by atoms with van der Waals surface area (Å²) in [7, 11) is 0. The van der Waals surface area contributed by atoms with Gasteiger partial charge in [-0.2, -0.15) is 10.2 Å². The molecule has 2 heterocycles. The van der Waals surface area contributed by atoms with Crippen LogP contribution in [0, 0.1) is 17.1 Å². The van der Waals surface area contributed by atoms with Gasteiger partial charge in [-0.3, -0.25) is 0 Å². The molecular weight excluding hydrogens is 309 g/mol. The van der Waals surface area contributed by atoms with E-state index in [4.69, 9.17) is 9.78 Å². The Kier molecular flexibility index (Phi) is 3.99. The van der Waals surface area contributed by atoms with Gasteiger partial charge in [0.15, 0.2) is 5.82 Å². The normalized spacial score (nSPS) is 10.5. The highest BCUT2D eigenvalue weighted by molar-refractivity contribution is 7.98. The molecule has 0 amide bonds. The van der Waals surface area contributed by atoms with Crippen molar-refractivity contribution in [3.8, 4) is 16.8 Å². The van der Waals surface area contributed by atoms with Gasteiger partial charge in [0.05, 0.1) is 11.3 Å². The van der Waals surface area contributed by atoms with Crippen LogP contribution in [0.1, 0.15) is 11.4 Å². The van der Waals surface area contributed by atoms with E-state index in [9.17, 15) is 4.39 Å². The Morgan fingerprint density at radius 2 is 2.19 bits per heavy atom. The van der Waals surface area contributed by atoms with Crippen molar-refractivity contribution >= 4 is 23.1 Å². The highest BCUT2D eigenvalue weighted by Gasteiger charge is 2.15. The largest absolute Gasteiger partial charge is 0.333 e. The first kappa shape index (κ1) is 13.8. The summed E-state index contributed by atoms with van der Waals surface area (Å²) in [5.74, 6) is 0.926. The van der Waals surface area contributed by atoms with E-state index in [1.54, 1.807) is 29.6 Å². The molecule has 0 atom stereocenters. The zero-order valence-electron chi connectivity index (χ0n) is 10.6. The van der Waals surface area contributed by atoms with Crippen LogP contribution in [0.25, 0.3) is 10.8 Å². The summed E-state index contributed by atoms with van der Waals surface area (Å²) >= 11 is 2.67. The van der Waals surface area contributed by atoms with Crippen molar-refractivity contribution in [1.82, 2.24) is 10.1 Å². The number of nitriles is 1. The molecule has 21 heavy (non-hydrogen) atoms. The van der Waals surface area contributed by atoms with E-state index < -0.39 is 0 Å². The lowest BCUT2D eigenvalue weighted by Crippen LogP contribution is -1.86. The lowest BCUT2D eigenvalue weighted by molar-refractivity contribution is 0.426. The standard InChI is InChI=1S/C14H8FN3OS2/c15-10-3-1-2-4-11(10)21-8-12-17-14(19-18-12)13-9(7-16)5-6-20-13/h1-6H,8H2. The van der Waals surface area contributed by atoms with E-state index in [0.29, 0.717) is 32.8 Å². The molecule has 7 heteroatoms. The van der Waals surface area contributed by atoms with Crippen LogP contribution in [-0.4, -0.2) is 10.1 Å². The molecule has 1 aromatic carbocycles. The first-order valence-electron chi connectivity index (χ1n) is 5.96. The third-order valence-electron chi connectivity index (χ3n) is 2.64. The summed E-state index contributed by atoms with van der Waals surface area (Å²) in [5, 5.41) is 14.6. The van der Waals surface area contributed by atoms with Crippen LogP contribution in [0.15, 0.2) is 45.1 Å². The molecule has 0 spiro atoms. The van der Waals surface area contributed by atoms with E-state index in [1.165, 1.54) is 29.2 Å². The predicted molar refractivity (Wildman–Crippen MR) is 78.3 cm³/mol. The summed E-state index contributed by atoms with van der Waals surface area (Å²) in [6.07, 6.45) is 0. The second-order valence-electron chi connectivity index (χ2n) is 4.01. The molecule has 0 saturated carbocycles. The number of nitrogens with zero attached hydrogens (tertiary/aromatic N) is 3. The van der Waals surface area contributed by atoms with Gasteiger partial charge >= 0.3 is 0 Å². The molecule has 0 radical (unpaired) electrons. The molecule has 2 aromatic heterocycles. The number of hydrogen-bond acceptors (Lipinski definition) is 6. The molecule has 0 unspecified atom stereocenters. The topological polar surface area (TPSA) is 62.7 Å². The smallest absolute Gasteiger partial charge is 0.269 e. The minimum atomic E-state index is -0.267. The maximum Gasteiger partial charge on any atom is 0.269 e. The Hall–Kier alpha value is -2.17. The molecular formula is C14H8FN3OS2. The van der Waals surface area contributed by atoms with Crippen LogP contribution < -0.4 is 0 Å². The third kappa shape index (κ3) is 2.96. The summed E-state index contributed by atoms with van der Waals surface area (Å²) in [6.45, 7) is 0.